The molecular weight excluding hydrogens is 370 g/mol. The third-order valence-electron chi connectivity index (χ3n) is 4.44. The molecule has 6 heteroatoms. The third-order valence-corrected chi connectivity index (χ3v) is 5.31. The summed E-state index contributed by atoms with van der Waals surface area (Å²) in [5, 5.41) is 3.42. The number of amides is 1. The van der Waals surface area contributed by atoms with E-state index in [-0.39, 0.29) is 23.3 Å². The molecule has 0 aliphatic rings. The lowest BCUT2D eigenvalue weighted by molar-refractivity contribution is -0.119. The average molecular weight is 394 g/mol. The van der Waals surface area contributed by atoms with E-state index in [1.807, 2.05) is 74.5 Å². The van der Waals surface area contributed by atoms with Gasteiger partial charge in [0, 0.05) is 17.7 Å². The highest BCUT2D eigenvalue weighted by Gasteiger charge is 2.13. The van der Waals surface area contributed by atoms with Crippen LogP contribution in [0.1, 0.15) is 35.3 Å². The van der Waals surface area contributed by atoms with Crippen LogP contribution in [0.15, 0.2) is 70.6 Å². The normalized spacial score (nSPS) is 11.8. The van der Waals surface area contributed by atoms with Gasteiger partial charge < -0.3 is 10.3 Å². The minimum Gasteiger partial charge on any atom is -0.349 e. The van der Waals surface area contributed by atoms with Gasteiger partial charge in [0.15, 0.2) is 5.16 Å². The number of carbonyl (C=O) groups excluding carboxylic acids is 1. The predicted octanol–water partition coefficient (Wildman–Crippen LogP) is 3.64. The molecule has 2 N–H and O–H groups in total. The minimum absolute atomic E-state index is 0.0729. The van der Waals surface area contributed by atoms with Crippen molar-refractivity contribution in [2.75, 3.05) is 5.75 Å². The van der Waals surface area contributed by atoms with Crippen molar-refractivity contribution >= 4 is 17.7 Å². The number of rotatable bonds is 7. The second-order valence-corrected chi connectivity index (χ2v) is 7.55. The molecule has 0 radical (unpaired) electrons. The molecule has 3 rings (SSSR count). The summed E-state index contributed by atoms with van der Waals surface area (Å²) in [7, 11) is 0. The summed E-state index contributed by atoms with van der Waals surface area (Å²) in [6, 6.07) is 19.5. The van der Waals surface area contributed by atoms with E-state index in [0.717, 1.165) is 11.1 Å². The number of nitrogens with one attached hydrogen (secondary N) is 2. The Bertz CT molecular complexity index is 988. The summed E-state index contributed by atoms with van der Waals surface area (Å²) >= 11 is 1.23. The number of nitrogens with zero attached hydrogens (tertiary/aromatic N) is 1. The molecule has 0 bridgehead atoms. The van der Waals surface area contributed by atoms with E-state index in [4.69, 9.17) is 0 Å². The Labute approximate surface area is 168 Å². The molecule has 0 unspecified atom stereocenters. The molecule has 0 saturated carbocycles. The van der Waals surface area contributed by atoms with Gasteiger partial charge in [-0.1, -0.05) is 72.4 Å². The Morgan fingerprint density at radius 2 is 1.75 bits per heavy atom. The van der Waals surface area contributed by atoms with Crippen LogP contribution in [-0.2, 0) is 11.2 Å². The van der Waals surface area contributed by atoms with Gasteiger partial charge in [0.2, 0.25) is 5.91 Å². The number of benzene rings is 2. The standard InChI is InChI=1S/C22H23N3O2S/c1-15(18-11-7-4-8-12-18)23-20(26)14-28-22-24-16(2)19(21(27)25-22)13-17-9-5-3-6-10-17/h3-12,15H,13-14H2,1-2H3,(H,23,26)(H,24,25,27)/t15-/m1/s1. The molecule has 0 saturated heterocycles. The Hall–Kier alpha value is -2.86. The fourth-order valence-corrected chi connectivity index (χ4v) is 3.62. The maximum absolute atomic E-state index is 12.5. The van der Waals surface area contributed by atoms with Crippen molar-refractivity contribution in [3.05, 3.63) is 93.4 Å². The van der Waals surface area contributed by atoms with E-state index in [1.54, 1.807) is 0 Å². The minimum atomic E-state index is -0.156. The van der Waals surface area contributed by atoms with Gasteiger partial charge in [0.25, 0.3) is 5.56 Å². The fourth-order valence-electron chi connectivity index (χ4n) is 2.90. The maximum Gasteiger partial charge on any atom is 0.255 e. The lowest BCUT2D eigenvalue weighted by Crippen LogP contribution is -2.28. The second kappa shape index (κ2) is 9.37. The highest BCUT2D eigenvalue weighted by molar-refractivity contribution is 7.99. The summed E-state index contributed by atoms with van der Waals surface area (Å²) in [6.07, 6.45) is 0.537. The van der Waals surface area contributed by atoms with Crippen LogP contribution in [0.25, 0.3) is 0 Å². The molecule has 1 amide bonds. The van der Waals surface area contributed by atoms with Crippen LogP contribution < -0.4 is 10.9 Å². The van der Waals surface area contributed by atoms with Crippen LogP contribution in [0, 0.1) is 6.92 Å². The number of aryl methyl sites for hydroxylation is 1. The zero-order chi connectivity index (χ0) is 19.9. The maximum atomic E-state index is 12.5. The van der Waals surface area contributed by atoms with E-state index < -0.39 is 0 Å². The number of hydrogen-bond donors (Lipinski definition) is 2. The van der Waals surface area contributed by atoms with Crippen LogP contribution in [0.3, 0.4) is 0 Å². The number of hydrogen-bond acceptors (Lipinski definition) is 4. The number of aromatic amines is 1. The van der Waals surface area contributed by atoms with Gasteiger partial charge in [-0.2, -0.15) is 0 Å². The molecule has 1 aromatic heterocycles. The molecule has 1 atom stereocenters. The molecule has 5 nitrogen and oxygen atoms in total. The Balaban J connectivity index is 1.60. The molecule has 3 aromatic rings. The average Bonchev–Trinajstić information content (AvgIpc) is 2.70. The van der Waals surface area contributed by atoms with Crippen molar-refractivity contribution in [2.45, 2.75) is 31.5 Å². The first-order valence-corrected chi connectivity index (χ1v) is 10.1. The van der Waals surface area contributed by atoms with Gasteiger partial charge in [-0.15, -0.1) is 0 Å². The van der Waals surface area contributed by atoms with Crippen LogP contribution in [0.5, 0.6) is 0 Å². The molecule has 2 aromatic carbocycles. The molecule has 0 aliphatic carbocycles. The van der Waals surface area contributed by atoms with Crippen molar-refractivity contribution in [3.8, 4) is 0 Å². The summed E-state index contributed by atoms with van der Waals surface area (Å²) in [5.74, 6) is 0.0902. The summed E-state index contributed by atoms with van der Waals surface area (Å²) in [5.41, 5.74) is 3.30. The SMILES string of the molecule is Cc1nc(SCC(=O)N[C@H](C)c2ccccc2)[nH]c(=O)c1Cc1ccccc1. The molecule has 28 heavy (non-hydrogen) atoms. The van der Waals surface area contributed by atoms with Crippen molar-refractivity contribution in [2.24, 2.45) is 0 Å². The van der Waals surface area contributed by atoms with Crippen LogP contribution in [0.2, 0.25) is 0 Å². The predicted molar refractivity (Wildman–Crippen MR) is 113 cm³/mol. The lowest BCUT2D eigenvalue weighted by Gasteiger charge is -2.14. The molecule has 0 aliphatic heterocycles. The van der Waals surface area contributed by atoms with Gasteiger partial charge in [-0.3, -0.25) is 9.59 Å². The molecule has 1 heterocycles. The van der Waals surface area contributed by atoms with Crippen molar-refractivity contribution in [1.29, 1.82) is 0 Å². The van der Waals surface area contributed by atoms with E-state index in [0.29, 0.717) is 22.8 Å². The summed E-state index contributed by atoms with van der Waals surface area (Å²) < 4.78 is 0. The lowest BCUT2D eigenvalue weighted by atomic mass is 10.1. The van der Waals surface area contributed by atoms with E-state index in [9.17, 15) is 9.59 Å². The van der Waals surface area contributed by atoms with Gasteiger partial charge in [0.05, 0.1) is 11.8 Å². The van der Waals surface area contributed by atoms with Gasteiger partial charge in [-0.05, 0) is 25.0 Å². The number of carbonyl (C=O) groups is 1. The van der Waals surface area contributed by atoms with Crippen molar-refractivity contribution in [1.82, 2.24) is 15.3 Å². The molecule has 144 valence electrons. The summed E-state index contributed by atoms with van der Waals surface area (Å²) in [4.78, 5) is 32.0. The monoisotopic (exact) mass is 393 g/mol. The zero-order valence-electron chi connectivity index (χ0n) is 15.9. The Morgan fingerprint density at radius 3 is 2.39 bits per heavy atom. The second-order valence-electron chi connectivity index (χ2n) is 6.59. The van der Waals surface area contributed by atoms with Crippen molar-refractivity contribution in [3.63, 3.8) is 0 Å². The topological polar surface area (TPSA) is 74.8 Å². The first kappa shape index (κ1) is 19.9. The van der Waals surface area contributed by atoms with E-state index in [1.165, 1.54) is 11.8 Å². The van der Waals surface area contributed by atoms with Crippen LogP contribution in [0.4, 0.5) is 0 Å². The Morgan fingerprint density at radius 1 is 1.11 bits per heavy atom. The van der Waals surface area contributed by atoms with Gasteiger partial charge in [0.1, 0.15) is 0 Å². The Kier molecular flexibility index (Phi) is 6.66. The van der Waals surface area contributed by atoms with E-state index >= 15 is 0 Å². The smallest absolute Gasteiger partial charge is 0.255 e. The van der Waals surface area contributed by atoms with Crippen LogP contribution in [-0.4, -0.2) is 21.6 Å². The zero-order valence-corrected chi connectivity index (χ0v) is 16.8. The summed E-state index contributed by atoms with van der Waals surface area (Å²) in [6.45, 7) is 3.77. The van der Waals surface area contributed by atoms with Gasteiger partial charge in [-0.25, -0.2) is 4.98 Å². The highest BCUT2D eigenvalue weighted by Crippen LogP contribution is 2.16. The van der Waals surface area contributed by atoms with Gasteiger partial charge >= 0.3 is 0 Å². The molecule has 0 spiro atoms. The number of aromatic nitrogens is 2. The van der Waals surface area contributed by atoms with Crippen LogP contribution >= 0.6 is 11.8 Å². The highest BCUT2D eigenvalue weighted by atomic mass is 32.2. The fraction of sp³-hybridized carbons (Fsp3) is 0.227. The largest absolute Gasteiger partial charge is 0.349 e. The number of thioether (sulfide) groups is 1. The molecular formula is C22H23N3O2S. The van der Waals surface area contributed by atoms with Crippen molar-refractivity contribution < 1.29 is 4.79 Å². The molecule has 0 fully saturated rings. The quantitative estimate of drug-likeness (QED) is 0.475. The number of H-pyrrole nitrogens is 1. The van der Waals surface area contributed by atoms with E-state index in [2.05, 4.69) is 15.3 Å². The third kappa shape index (κ3) is 5.33. The first-order chi connectivity index (χ1) is 13.5. The first-order valence-electron chi connectivity index (χ1n) is 9.13.